The Kier molecular flexibility index (Phi) is 5.93. The van der Waals surface area contributed by atoms with Crippen LogP contribution in [0.3, 0.4) is 0 Å². The fraction of sp³-hybridized carbons (Fsp3) is 0.278. The van der Waals surface area contributed by atoms with Gasteiger partial charge in [-0.3, -0.25) is 9.59 Å². The minimum atomic E-state index is -0.385. The Balaban J connectivity index is 2.19. The molecular weight excluding hydrogens is 326 g/mol. The lowest BCUT2D eigenvalue weighted by atomic mass is 10.2. The molecule has 0 aliphatic rings. The highest BCUT2D eigenvalue weighted by Crippen LogP contribution is 2.20. The van der Waals surface area contributed by atoms with E-state index in [9.17, 15) is 9.59 Å². The van der Waals surface area contributed by atoms with Crippen molar-refractivity contribution >= 4 is 29.1 Å². The van der Waals surface area contributed by atoms with Crippen LogP contribution in [-0.4, -0.2) is 34.8 Å². The number of aryl methyl sites for hydroxylation is 1. The van der Waals surface area contributed by atoms with Crippen molar-refractivity contribution in [2.24, 2.45) is 0 Å². The van der Waals surface area contributed by atoms with Crippen LogP contribution >= 0.6 is 11.6 Å². The second-order valence-electron chi connectivity index (χ2n) is 5.30. The number of rotatable bonds is 5. The monoisotopic (exact) mass is 345 g/mol. The Morgan fingerprint density at radius 3 is 2.42 bits per heavy atom. The number of aromatic nitrogens is 1. The number of anilines is 1. The third kappa shape index (κ3) is 4.11. The van der Waals surface area contributed by atoms with Crippen molar-refractivity contribution in [2.45, 2.75) is 20.8 Å². The van der Waals surface area contributed by atoms with Crippen LogP contribution in [0.4, 0.5) is 5.69 Å². The summed E-state index contributed by atoms with van der Waals surface area (Å²) >= 11 is 6.06. The van der Waals surface area contributed by atoms with Crippen molar-refractivity contribution in [3.63, 3.8) is 0 Å². The van der Waals surface area contributed by atoms with Gasteiger partial charge >= 0.3 is 0 Å². The molecule has 0 spiro atoms. The van der Waals surface area contributed by atoms with Gasteiger partial charge in [0, 0.05) is 23.8 Å². The molecule has 2 amide bonds. The molecule has 126 valence electrons. The number of carbonyl (C=O) groups is 2. The van der Waals surface area contributed by atoms with Crippen molar-refractivity contribution in [2.75, 3.05) is 18.4 Å². The Morgan fingerprint density at radius 2 is 1.79 bits per heavy atom. The van der Waals surface area contributed by atoms with E-state index in [0.717, 1.165) is 5.56 Å². The maximum Gasteiger partial charge on any atom is 0.274 e. The zero-order chi connectivity index (χ0) is 17.7. The predicted octanol–water partition coefficient (Wildman–Crippen LogP) is 3.78. The maximum absolute atomic E-state index is 12.4. The molecule has 2 aromatic rings. The van der Waals surface area contributed by atoms with E-state index in [0.29, 0.717) is 23.8 Å². The summed E-state index contributed by atoms with van der Waals surface area (Å²) in [6.07, 6.45) is 0. The molecular formula is C18H20ClN3O2. The van der Waals surface area contributed by atoms with E-state index in [1.165, 1.54) is 0 Å². The third-order valence-electron chi connectivity index (χ3n) is 3.68. The van der Waals surface area contributed by atoms with Gasteiger partial charge in [-0.05, 0) is 50.6 Å². The first kappa shape index (κ1) is 17.9. The zero-order valence-corrected chi connectivity index (χ0v) is 14.7. The fourth-order valence-corrected chi connectivity index (χ4v) is 2.40. The van der Waals surface area contributed by atoms with Crippen molar-refractivity contribution in [1.82, 2.24) is 9.88 Å². The summed E-state index contributed by atoms with van der Waals surface area (Å²) in [7, 11) is 0. The number of amides is 2. The minimum Gasteiger partial charge on any atom is -0.338 e. The summed E-state index contributed by atoms with van der Waals surface area (Å²) < 4.78 is 0. The fourth-order valence-electron chi connectivity index (χ4n) is 2.22. The Bertz CT molecular complexity index is 758. The first-order valence-corrected chi connectivity index (χ1v) is 8.17. The Labute approximate surface area is 146 Å². The van der Waals surface area contributed by atoms with Crippen LogP contribution in [0.25, 0.3) is 0 Å². The maximum atomic E-state index is 12.4. The largest absolute Gasteiger partial charge is 0.338 e. The Morgan fingerprint density at radius 1 is 1.12 bits per heavy atom. The van der Waals surface area contributed by atoms with Gasteiger partial charge in [-0.15, -0.1) is 0 Å². The lowest BCUT2D eigenvalue weighted by molar-refractivity contribution is 0.0767. The molecule has 1 aromatic heterocycles. The molecule has 0 saturated carbocycles. The van der Waals surface area contributed by atoms with Gasteiger partial charge in [0.2, 0.25) is 0 Å². The summed E-state index contributed by atoms with van der Waals surface area (Å²) in [5.41, 5.74) is 1.95. The van der Waals surface area contributed by atoms with Gasteiger partial charge in [-0.1, -0.05) is 23.7 Å². The molecule has 0 atom stereocenters. The summed E-state index contributed by atoms with van der Waals surface area (Å²) in [5, 5.41) is 3.31. The second kappa shape index (κ2) is 7.93. The van der Waals surface area contributed by atoms with Gasteiger partial charge in [-0.2, -0.15) is 0 Å². The van der Waals surface area contributed by atoms with Gasteiger partial charge in [-0.25, -0.2) is 4.98 Å². The van der Waals surface area contributed by atoms with Gasteiger partial charge in [0.15, 0.2) is 0 Å². The third-order valence-corrected chi connectivity index (χ3v) is 4.09. The number of carbonyl (C=O) groups excluding carboxylic acids is 2. The Hall–Kier alpha value is -2.40. The molecule has 5 nitrogen and oxygen atoms in total. The summed E-state index contributed by atoms with van der Waals surface area (Å²) in [6, 6.07) is 10.1. The van der Waals surface area contributed by atoms with Crippen LogP contribution in [0.2, 0.25) is 5.02 Å². The second-order valence-corrected chi connectivity index (χ2v) is 5.71. The van der Waals surface area contributed by atoms with E-state index in [1.54, 1.807) is 35.2 Å². The molecule has 1 N–H and O–H groups in total. The lowest BCUT2D eigenvalue weighted by Gasteiger charge is -2.18. The first-order chi connectivity index (χ1) is 11.5. The van der Waals surface area contributed by atoms with Gasteiger partial charge in [0.25, 0.3) is 11.8 Å². The van der Waals surface area contributed by atoms with Crippen LogP contribution in [-0.2, 0) is 0 Å². The lowest BCUT2D eigenvalue weighted by Crippen LogP contribution is -2.31. The quantitative estimate of drug-likeness (QED) is 0.897. The first-order valence-electron chi connectivity index (χ1n) is 7.80. The number of hydrogen-bond donors (Lipinski definition) is 1. The van der Waals surface area contributed by atoms with Crippen molar-refractivity contribution < 1.29 is 9.59 Å². The number of nitrogens with zero attached hydrogens (tertiary/aromatic N) is 2. The van der Waals surface area contributed by atoms with E-state index in [-0.39, 0.29) is 23.2 Å². The van der Waals surface area contributed by atoms with Crippen LogP contribution in [0.15, 0.2) is 36.4 Å². The molecule has 1 aromatic carbocycles. The molecule has 0 saturated heterocycles. The molecule has 0 aliphatic heterocycles. The minimum absolute atomic E-state index is 0.185. The normalized spacial score (nSPS) is 10.3. The highest BCUT2D eigenvalue weighted by molar-refractivity contribution is 6.31. The van der Waals surface area contributed by atoms with E-state index < -0.39 is 0 Å². The number of benzene rings is 1. The summed E-state index contributed by atoms with van der Waals surface area (Å²) in [4.78, 5) is 30.5. The van der Waals surface area contributed by atoms with E-state index in [2.05, 4.69) is 10.3 Å². The average molecular weight is 346 g/mol. The number of halogens is 1. The number of nitrogens with one attached hydrogen (secondary N) is 1. The van der Waals surface area contributed by atoms with Gasteiger partial charge in [0.1, 0.15) is 11.4 Å². The highest BCUT2D eigenvalue weighted by atomic mass is 35.5. The zero-order valence-electron chi connectivity index (χ0n) is 14.0. The highest BCUT2D eigenvalue weighted by Gasteiger charge is 2.16. The summed E-state index contributed by atoms with van der Waals surface area (Å²) in [5.74, 6) is -0.572. The molecule has 0 fully saturated rings. The van der Waals surface area contributed by atoms with Crippen molar-refractivity contribution in [3.8, 4) is 0 Å². The number of pyridine rings is 1. The molecule has 2 rings (SSSR count). The SMILES string of the molecule is CCN(CC)C(=O)c1cccc(C(=O)Nc2ccc(C)c(Cl)c2)n1. The molecule has 0 radical (unpaired) electrons. The molecule has 0 aliphatic carbocycles. The average Bonchev–Trinajstić information content (AvgIpc) is 2.59. The van der Waals surface area contributed by atoms with Crippen LogP contribution in [0, 0.1) is 6.92 Å². The predicted molar refractivity (Wildman–Crippen MR) is 95.6 cm³/mol. The van der Waals surface area contributed by atoms with Crippen molar-refractivity contribution in [1.29, 1.82) is 0 Å². The molecule has 24 heavy (non-hydrogen) atoms. The van der Waals surface area contributed by atoms with Crippen molar-refractivity contribution in [3.05, 3.63) is 58.4 Å². The number of hydrogen-bond acceptors (Lipinski definition) is 3. The molecule has 0 unspecified atom stereocenters. The molecule has 6 heteroatoms. The van der Waals surface area contributed by atoms with Crippen LogP contribution in [0.5, 0.6) is 0 Å². The summed E-state index contributed by atoms with van der Waals surface area (Å²) in [6.45, 7) is 6.88. The smallest absolute Gasteiger partial charge is 0.274 e. The van der Waals surface area contributed by atoms with E-state index in [1.807, 2.05) is 26.8 Å². The van der Waals surface area contributed by atoms with E-state index in [4.69, 9.17) is 11.6 Å². The van der Waals surface area contributed by atoms with Gasteiger partial charge in [0.05, 0.1) is 0 Å². The van der Waals surface area contributed by atoms with Crippen LogP contribution in [0.1, 0.15) is 40.4 Å². The van der Waals surface area contributed by atoms with E-state index >= 15 is 0 Å². The van der Waals surface area contributed by atoms with Crippen LogP contribution < -0.4 is 5.32 Å². The molecule has 0 bridgehead atoms. The topological polar surface area (TPSA) is 62.3 Å². The standard InChI is InChI=1S/C18H20ClN3O2/c1-4-22(5-2)18(24)16-8-6-7-15(21-16)17(23)20-13-10-9-12(3)14(19)11-13/h6-11H,4-5H2,1-3H3,(H,20,23). The molecule has 1 heterocycles. The van der Waals surface area contributed by atoms with Gasteiger partial charge < -0.3 is 10.2 Å².